The van der Waals surface area contributed by atoms with E-state index in [0.29, 0.717) is 5.16 Å². The predicted molar refractivity (Wildman–Crippen MR) is 111 cm³/mol. The standard InChI is InChI=1S/C19H20BrN5OS/c1-11-5-8-17(16(20)9-11)21-18(26)14(4)27-19-22-23-24-25(19)15-7-6-12(2)13(3)10-15/h5-10,14H,1-4H3,(H,21,26). The van der Waals surface area contributed by atoms with Crippen LogP contribution in [0.4, 0.5) is 5.69 Å². The highest BCUT2D eigenvalue weighted by Gasteiger charge is 2.20. The summed E-state index contributed by atoms with van der Waals surface area (Å²) in [6.45, 7) is 7.94. The van der Waals surface area contributed by atoms with Gasteiger partial charge in [-0.1, -0.05) is 23.9 Å². The molecule has 0 fully saturated rings. The summed E-state index contributed by atoms with van der Waals surface area (Å²) in [5.74, 6) is -0.112. The zero-order valence-corrected chi connectivity index (χ0v) is 17.9. The number of tetrazole rings is 1. The first-order valence-corrected chi connectivity index (χ1v) is 10.1. The summed E-state index contributed by atoms with van der Waals surface area (Å²) in [4.78, 5) is 12.6. The van der Waals surface area contributed by atoms with E-state index < -0.39 is 0 Å². The van der Waals surface area contributed by atoms with Crippen LogP contribution in [0.5, 0.6) is 0 Å². The average Bonchev–Trinajstić information content (AvgIpc) is 3.07. The van der Waals surface area contributed by atoms with Crippen molar-refractivity contribution in [2.75, 3.05) is 5.32 Å². The number of rotatable bonds is 5. The molecule has 1 amide bonds. The molecule has 3 aromatic rings. The van der Waals surface area contributed by atoms with Gasteiger partial charge in [-0.25, -0.2) is 0 Å². The van der Waals surface area contributed by atoms with Crippen molar-refractivity contribution in [2.45, 2.75) is 38.1 Å². The summed E-state index contributed by atoms with van der Waals surface area (Å²) in [5, 5.41) is 15.1. The van der Waals surface area contributed by atoms with Gasteiger partial charge >= 0.3 is 0 Å². The van der Waals surface area contributed by atoms with Crippen molar-refractivity contribution in [3.05, 3.63) is 57.6 Å². The molecule has 0 saturated carbocycles. The minimum atomic E-state index is -0.366. The molecule has 0 saturated heterocycles. The number of aryl methyl sites for hydroxylation is 3. The number of aromatic nitrogens is 4. The Hall–Kier alpha value is -2.19. The number of hydrogen-bond acceptors (Lipinski definition) is 5. The third-order valence-corrected chi connectivity index (χ3v) is 5.90. The van der Waals surface area contributed by atoms with Gasteiger partial charge < -0.3 is 5.32 Å². The van der Waals surface area contributed by atoms with E-state index in [4.69, 9.17) is 0 Å². The van der Waals surface area contributed by atoms with Crippen molar-refractivity contribution in [2.24, 2.45) is 0 Å². The summed E-state index contributed by atoms with van der Waals surface area (Å²) in [7, 11) is 0. The maximum atomic E-state index is 12.6. The molecule has 27 heavy (non-hydrogen) atoms. The zero-order chi connectivity index (χ0) is 19.6. The molecule has 3 rings (SSSR count). The smallest absolute Gasteiger partial charge is 0.237 e. The minimum Gasteiger partial charge on any atom is -0.324 e. The summed E-state index contributed by atoms with van der Waals surface area (Å²) >= 11 is 4.80. The van der Waals surface area contributed by atoms with Crippen LogP contribution < -0.4 is 5.32 Å². The molecule has 0 aliphatic carbocycles. The van der Waals surface area contributed by atoms with E-state index in [1.807, 2.05) is 57.2 Å². The summed E-state index contributed by atoms with van der Waals surface area (Å²) in [6.07, 6.45) is 0. The Morgan fingerprint density at radius 2 is 1.93 bits per heavy atom. The molecule has 8 heteroatoms. The van der Waals surface area contributed by atoms with Crippen LogP contribution >= 0.6 is 27.7 Å². The molecule has 1 N–H and O–H groups in total. The maximum absolute atomic E-state index is 12.6. The van der Waals surface area contributed by atoms with E-state index in [1.54, 1.807) is 4.68 Å². The van der Waals surface area contributed by atoms with Crippen LogP contribution in [0.3, 0.4) is 0 Å². The Morgan fingerprint density at radius 3 is 2.63 bits per heavy atom. The molecule has 0 aliphatic rings. The summed E-state index contributed by atoms with van der Waals surface area (Å²) < 4.78 is 2.51. The van der Waals surface area contributed by atoms with E-state index >= 15 is 0 Å². The third-order valence-electron chi connectivity index (χ3n) is 4.21. The number of hydrogen-bond donors (Lipinski definition) is 1. The van der Waals surface area contributed by atoms with Crippen molar-refractivity contribution in [3.63, 3.8) is 0 Å². The number of carbonyl (C=O) groups is 1. The lowest BCUT2D eigenvalue weighted by molar-refractivity contribution is -0.115. The number of thioether (sulfide) groups is 1. The highest BCUT2D eigenvalue weighted by atomic mass is 79.9. The molecule has 6 nitrogen and oxygen atoms in total. The molecule has 2 aromatic carbocycles. The third kappa shape index (κ3) is 4.56. The predicted octanol–water partition coefficient (Wildman–Crippen LogP) is 4.47. The molecule has 1 unspecified atom stereocenters. The van der Waals surface area contributed by atoms with Crippen LogP contribution in [0.2, 0.25) is 0 Å². The fourth-order valence-corrected chi connectivity index (χ4v) is 3.84. The molecule has 0 bridgehead atoms. The van der Waals surface area contributed by atoms with Gasteiger partial charge in [-0.2, -0.15) is 4.68 Å². The van der Waals surface area contributed by atoms with Gasteiger partial charge in [0, 0.05) is 4.47 Å². The van der Waals surface area contributed by atoms with Gasteiger partial charge in [0.05, 0.1) is 16.6 Å². The second kappa shape index (κ2) is 8.22. The van der Waals surface area contributed by atoms with Crippen molar-refractivity contribution < 1.29 is 4.79 Å². The average molecular weight is 446 g/mol. The monoisotopic (exact) mass is 445 g/mol. The van der Waals surface area contributed by atoms with Gasteiger partial charge in [-0.15, -0.1) is 5.10 Å². The molecule has 1 heterocycles. The van der Waals surface area contributed by atoms with Gasteiger partial charge in [-0.05, 0) is 95.0 Å². The van der Waals surface area contributed by atoms with Gasteiger partial charge in [0.1, 0.15) is 0 Å². The van der Waals surface area contributed by atoms with Gasteiger partial charge in [0.25, 0.3) is 0 Å². The minimum absolute atomic E-state index is 0.112. The van der Waals surface area contributed by atoms with Crippen LogP contribution in [0.1, 0.15) is 23.6 Å². The zero-order valence-electron chi connectivity index (χ0n) is 15.5. The number of benzene rings is 2. The van der Waals surface area contributed by atoms with Crippen LogP contribution in [0.25, 0.3) is 5.69 Å². The molecule has 1 atom stereocenters. The topological polar surface area (TPSA) is 72.7 Å². The lowest BCUT2D eigenvalue weighted by Crippen LogP contribution is -2.23. The Kier molecular flexibility index (Phi) is 5.96. The van der Waals surface area contributed by atoms with Crippen LogP contribution in [0.15, 0.2) is 46.0 Å². The van der Waals surface area contributed by atoms with Crippen molar-refractivity contribution in [3.8, 4) is 5.69 Å². The largest absolute Gasteiger partial charge is 0.324 e. The van der Waals surface area contributed by atoms with Crippen molar-refractivity contribution >= 4 is 39.3 Å². The SMILES string of the molecule is Cc1ccc(NC(=O)C(C)Sc2nnnn2-c2ccc(C)c(C)c2)c(Br)c1. The van der Waals surface area contributed by atoms with Crippen LogP contribution in [-0.2, 0) is 4.79 Å². The van der Waals surface area contributed by atoms with Gasteiger partial charge in [-0.3, -0.25) is 4.79 Å². The van der Waals surface area contributed by atoms with Crippen LogP contribution in [-0.4, -0.2) is 31.4 Å². The Morgan fingerprint density at radius 1 is 1.15 bits per heavy atom. The molecule has 1 aromatic heterocycles. The van der Waals surface area contributed by atoms with E-state index in [-0.39, 0.29) is 11.2 Å². The number of amides is 1. The van der Waals surface area contributed by atoms with Gasteiger partial charge in [0.2, 0.25) is 11.1 Å². The number of nitrogens with one attached hydrogen (secondary N) is 1. The number of nitrogens with zero attached hydrogens (tertiary/aromatic N) is 4. The summed E-state index contributed by atoms with van der Waals surface area (Å²) in [6, 6.07) is 11.8. The highest BCUT2D eigenvalue weighted by Crippen LogP contribution is 2.27. The maximum Gasteiger partial charge on any atom is 0.237 e. The summed E-state index contributed by atoms with van der Waals surface area (Å²) in [5.41, 5.74) is 5.10. The molecular formula is C19H20BrN5OS. The Labute approximate surface area is 170 Å². The molecule has 0 spiro atoms. The van der Waals surface area contributed by atoms with Crippen LogP contribution in [0, 0.1) is 20.8 Å². The number of carbonyl (C=O) groups excluding carboxylic acids is 1. The fourth-order valence-electron chi connectivity index (χ4n) is 2.44. The fraction of sp³-hybridized carbons (Fsp3) is 0.263. The van der Waals surface area contributed by atoms with E-state index in [1.165, 1.54) is 17.3 Å². The van der Waals surface area contributed by atoms with Crippen molar-refractivity contribution in [1.82, 2.24) is 20.2 Å². The lowest BCUT2D eigenvalue weighted by atomic mass is 10.1. The number of anilines is 1. The van der Waals surface area contributed by atoms with E-state index in [9.17, 15) is 4.79 Å². The first-order chi connectivity index (χ1) is 12.8. The Bertz CT molecular complexity index is 988. The molecule has 140 valence electrons. The molecule has 0 radical (unpaired) electrons. The molecular weight excluding hydrogens is 426 g/mol. The first kappa shape index (κ1) is 19.6. The quantitative estimate of drug-likeness (QED) is 0.586. The lowest BCUT2D eigenvalue weighted by Gasteiger charge is -2.13. The first-order valence-electron chi connectivity index (χ1n) is 8.45. The normalized spacial score (nSPS) is 12.0. The van der Waals surface area contributed by atoms with E-state index in [2.05, 4.69) is 43.7 Å². The Balaban J connectivity index is 1.74. The second-order valence-electron chi connectivity index (χ2n) is 6.37. The van der Waals surface area contributed by atoms with Gasteiger partial charge in [0.15, 0.2) is 0 Å². The number of halogens is 1. The highest BCUT2D eigenvalue weighted by molar-refractivity contribution is 9.10. The second-order valence-corrected chi connectivity index (χ2v) is 8.54. The van der Waals surface area contributed by atoms with E-state index in [0.717, 1.165) is 27.0 Å². The van der Waals surface area contributed by atoms with Crippen molar-refractivity contribution in [1.29, 1.82) is 0 Å². The molecule has 0 aliphatic heterocycles.